The van der Waals surface area contributed by atoms with Gasteiger partial charge in [-0.25, -0.2) is 0 Å². The van der Waals surface area contributed by atoms with Crippen molar-refractivity contribution in [3.8, 4) is 0 Å². The third-order valence-corrected chi connectivity index (χ3v) is 0.780. The van der Waals surface area contributed by atoms with E-state index in [4.69, 9.17) is 0 Å². The van der Waals surface area contributed by atoms with Gasteiger partial charge in [-0.1, -0.05) is 0 Å². The van der Waals surface area contributed by atoms with Crippen molar-refractivity contribution >= 4 is 38.4 Å². The Morgan fingerprint density at radius 2 is 2.33 bits per heavy atom. The van der Waals surface area contributed by atoms with Gasteiger partial charge in [0.15, 0.2) is 0 Å². The topological polar surface area (TPSA) is 0 Å². The van der Waals surface area contributed by atoms with Crippen molar-refractivity contribution in [1.29, 1.82) is 0 Å². The number of rotatable bonds is 2. The second-order valence-electron chi connectivity index (χ2n) is 0.800. The summed E-state index contributed by atoms with van der Waals surface area (Å²) in [7, 11) is 3.50. The Balaban J connectivity index is 2.94. The summed E-state index contributed by atoms with van der Waals surface area (Å²) in [5.74, 6) is 0. The SMILES string of the molecule is B=BB=BSC. The molecule has 0 aliphatic carbocycles. The molecule has 0 aliphatic heterocycles. The van der Waals surface area contributed by atoms with Crippen LogP contribution in [-0.2, 0) is 0 Å². The Bertz CT molecular complexity index is 58.6. The summed E-state index contributed by atoms with van der Waals surface area (Å²) in [4.78, 5) is 0. The predicted octanol–water partition coefficient (Wildman–Crippen LogP) is -0.977. The van der Waals surface area contributed by atoms with E-state index in [-0.39, 0.29) is 0 Å². The molecule has 0 nitrogen and oxygen atoms in total. The van der Waals surface area contributed by atoms with Gasteiger partial charge in [0.05, 0.1) is 0 Å². The Kier molecular flexibility index (Phi) is 6.18. The van der Waals surface area contributed by atoms with Gasteiger partial charge >= 0.3 is 44.7 Å². The van der Waals surface area contributed by atoms with Gasteiger partial charge in [-0.05, 0) is 0 Å². The van der Waals surface area contributed by atoms with Crippen LogP contribution < -0.4 is 0 Å². The molecule has 0 spiro atoms. The molecule has 0 rings (SSSR count). The van der Waals surface area contributed by atoms with Crippen molar-refractivity contribution in [3.63, 3.8) is 0 Å². The molecule has 0 bridgehead atoms. The van der Waals surface area contributed by atoms with Crippen LogP contribution in [0.2, 0.25) is 0 Å². The van der Waals surface area contributed by atoms with Gasteiger partial charge in [-0.3, -0.25) is 0 Å². The van der Waals surface area contributed by atoms with Crippen LogP contribution in [0.5, 0.6) is 0 Å². The molecule has 0 aromatic carbocycles. The average molecular weight is 91.4 g/mol. The first-order chi connectivity index (χ1) is 2.91. The molecule has 0 atom stereocenters. The molecule has 0 aromatic heterocycles. The Hall–Kier alpha value is 0.610. The van der Waals surface area contributed by atoms with E-state index in [9.17, 15) is 0 Å². The van der Waals surface area contributed by atoms with Crippen molar-refractivity contribution < 1.29 is 0 Å². The maximum absolute atomic E-state index is 3.50. The van der Waals surface area contributed by atoms with Crippen LogP contribution in [-0.4, -0.2) is 33.1 Å². The van der Waals surface area contributed by atoms with Crippen LogP contribution in [0, 0.1) is 0 Å². The molecular weight excluding hydrogens is 87.3 g/mol. The van der Waals surface area contributed by atoms with Crippen LogP contribution in [0.25, 0.3) is 0 Å². The van der Waals surface area contributed by atoms with Gasteiger partial charge in [0.25, 0.3) is 0 Å². The molecule has 0 saturated heterocycles. The van der Waals surface area contributed by atoms with Crippen LogP contribution in [0.1, 0.15) is 0 Å². The minimum absolute atomic E-state index is 1.67. The Morgan fingerprint density at radius 1 is 1.67 bits per heavy atom. The Labute approximate surface area is 45.3 Å². The molecule has 26 valence electrons. The molecule has 6 heavy (non-hydrogen) atoms. The fraction of sp³-hybridized carbons (Fsp3) is 1.00. The van der Waals surface area contributed by atoms with Gasteiger partial charge in [0.1, 0.15) is 0 Å². The monoisotopic (exact) mass is 92.0 g/mol. The molecule has 0 radical (unpaired) electrons. The minimum atomic E-state index is 1.67. The van der Waals surface area contributed by atoms with E-state index < -0.39 is 0 Å². The first-order valence-corrected chi connectivity index (χ1v) is 3.01. The molecular formula is CH4B4S. The third kappa shape index (κ3) is 4.61. The molecule has 0 aromatic rings. The van der Waals surface area contributed by atoms with Gasteiger partial charge in [-0.2, -0.15) is 0 Å². The Morgan fingerprint density at radius 3 is 2.50 bits per heavy atom. The second-order valence-corrected chi connectivity index (χ2v) is 1.54. The van der Waals surface area contributed by atoms with E-state index in [1.165, 1.54) is 0 Å². The van der Waals surface area contributed by atoms with E-state index in [1.54, 1.807) is 18.3 Å². The van der Waals surface area contributed by atoms with Crippen LogP contribution in [0.3, 0.4) is 0 Å². The molecule has 0 saturated carbocycles. The van der Waals surface area contributed by atoms with Crippen LogP contribution in [0.15, 0.2) is 0 Å². The van der Waals surface area contributed by atoms with E-state index in [2.05, 4.69) is 7.37 Å². The third-order valence-electron chi connectivity index (χ3n) is 0.351. The van der Waals surface area contributed by atoms with E-state index in [0.717, 1.165) is 0 Å². The molecule has 0 unspecified atom stereocenters. The summed E-state index contributed by atoms with van der Waals surface area (Å²) in [5, 5.41) is 0. The van der Waals surface area contributed by atoms with Crippen molar-refractivity contribution in [2.24, 2.45) is 0 Å². The zero-order chi connectivity index (χ0) is 4.83. The average Bonchev–Trinajstić information content (AvgIpc) is 1.61. The van der Waals surface area contributed by atoms with E-state index >= 15 is 0 Å². The van der Waals surface area contributed by atoms with Crippen molar-refractivity contribution in [2.45, 2.75) is 0 Å². The maximum atomic E-state index is 3.50. The fourth-order valence-electron chi connectivity index (χ4n) is 0.134. The molecule has 0 fully saturated rings. The summed E-state index contributed by atoms with van der Waals surface area (Å²) in [6, 6.07) is 0. The molecule has 0 heterocycles. The zero-order valence-electron chi connectivity index (χ0n) is 3.85. The number of hydrogen-bond acceptors (Lipinski definition) is 1. The summed E-state index contributed by atoms with van der Waals surface area (Å²) >= 11 is 1.67. The summed E-state index contributed by atoms with van der Waals surface area (Å²) in [5.41, 5.74) is 0. The normalized spacial score (nSPS) is 6.00. The molecule has 0 amide bonds. The first kappa shape index (κ1) is 6.61. The van der Waals surface area contributed by atoms with Gasteiger partial charge in [0, 0.05) is 0 Å². The van der Waals surface area contributed by atoms with E-state index in [0.29, 0.717) is 0 Å². The quantitative estimate of drug-likeness (QED) is 0.394. The van der Waals surface area contributed by atoms with Crippen LogP contribution >= 0.6 is 11.6 Å². The van der Waals surface area contributed by atoms with Gasteiger partial charge < -0.3 is 0 Å². The van der Waals surface area contributed by atoms with Gasteiger partial charge in [0.2, 0.25) is 0 Å². The summed E-state index contributed by atoms with van der Waals surface area (Å²) < 4.78 is 0. The predicted molar refractivity (Wildman–Crippen MR) is 37.9 cm³/mol. The van der Waals surface area contributed by atoms with Gasteiger partial charge in [-0.15, -0.1) is 0 Å². The molecule has 0 N–H and O–H groups in total. The number of hydrogen-bond donors (Lipinski definition) is 0. The summed E-state index contributed by atoms with van der Waals surface area (Å²) in [6.45, 7) is 3.67. The standard InChI is InChI=1S/CH4B4S/c1-6-5-4-3-2/h2H,1H3. The second kappa shape index (κ2) is 5.61. The molecule has 5 heteroatoms. The van der Waals surface area contributed by atoms with Crippen molar-refractivity contribution in [3.05, 3.63) is 0 Å². The van der Waals surface area contributed by atoms with Crippen LogP contribution in [0.4, 0.5) is 0 Å². The summed E-state index contributed by atoms with van der Waals surface area (Å²) in [6.07, 6.45) is 3.99. The molecule has 0 aliphatic rings. The zero-order valence-corrected chi connectivity index (χ0v) is 4.66. The van der Waals surface area contributed by atoms with E-state index in [1.807, 2.05) is 19.0 Å². The van der Waals surface area contributed by atoms with Crippen molar-refractivity contribution in [2.75, 3.05) is 6.26 Å². The fourth-order valence-corrected chi connectivity index (χ4v) is 0.402. The van der Waals surface area contributed by atoms with Crippen molar-refractivity contribution in [1.82, 2.24) is 0 Å². The first-order valence-electron chi connectivity index (χ1n) is 1.72.